The fourth-order valence-electron chi connectivity index (χ4n) is 4.15. The molecule has 2 aromatic carbocycles. The number of rotatable bonds is 7. The fourth-order valence-corrected chi connectivity index (χ4v) is 4.15. The second-order valence-electron chi connectivity index (χ2n) is 7.73. The van der Waals surface area contributed by atoms with Gasteiger partial charge in [-0.2, -0.15) is 0 Å². The van der Waals surface area contributed by atoms with Gasteiger partial charge >= 0.3 is 0 Å². The van der Waals surface area contributed by atoms with Gasteiger partial charge in [-0.05, 0) is 61.8 Å². The number of fused-ring (bicyclic) bond motifs is 1. The van der Waals surface area contributed by atoms with Gasteiger partial charge in [-0.3, -0.25) is 9.69 Å². The van der Waals surface area contributed by atoms with E-state index in [2.05, 4.69) is 27.3 Å². The Bertz CT molecular complexity index is 991. The van der Waals surface area contributed by atoms with Gasteiger partial charge in [0.25, 0.3) is 5.91 Å². The molecule has 1 aromatic heterocycles. The van der Waals surface area contributed by atoms with Gasteiger partial charge < -0.3 is 19.8 Å². The van der Waals surface area contributed by atoms with Gasteiger partial charge in [-0.15, -0.1) is 0 Å². The first kappa shape index (κ1) is 20.3. The van der Waals surface area contributed by atoms with E-state index in [1.165, 1.54) is 24.8 Å². The minimum atomic E-state index is -0.0966. The number of piperidine rings is 1. The monoisotopic (exact) mass is 407 g/mol. The molecule has 158 valence electrons. The van der Waals surface area contributed by atoms with E-state index in [0.29, 0.717) is 12.2 Å². The Labute approximate surface area is 177 Å². The third-order valence-electron chi connectivity index (χ3n) is 5.86. The summed E-state index contributed by atoms with van der Waals surface area (Å²) in [5.41, 5.74) is 2.65. The summed E-state index contributed by atoms with van der Waals surface area (Å²) in [4.78, 5) is 18.6. The smallest absolute Gasteiger partial charge is 0.267 e. The van der Waals surface area contributed by atoms with Gasteiger partial charge in [-0.1, -0.05) is 18.6 Å². The van der Waals surface area contributed by atoms with Gasteiger partial charge in [0.1, 0.15) is 17.2 Å². The third-order valence-corrected chi connectivity index (χ3v) is 5.86. The van der Waals surface area contributed by atoms with E-state index in [1.54, 1.807) is 14.2 Å². The molecule has 1 saturated heterocycles. The summed E-state index contributed by atoms with van der Waals surface area (Å²) >= 11 is 0. The van der Waals surface area contributed by atoms with Crippen molar-refractivity contribution in [3.63, 3.8) is 0 Å². The number of nitrogens with one attached hydrogen (secondary N) is 2. The highest BCUT2D eigenvalue weighted by atomic mass is 16.5. The molecule has 6 heteroatoms. The lowest BCUT2D eigenvalue weighted by Gasteiger charge is -2.35. The molecule has 6 nitrogen and oxygen atoms in total. The number of carbonyl (C=O) groups excluding carboxylic acids is 1. The number of carbonyl (C=O) groups is 1. The second kappa shape index (κ2) is 9.22. The van der Waals surface area contributed by atoms with Crippen LogP contribution >= 0.6 is 0 Å². The zero-order chi connectivity index (χ0) is 20.9. The molecule has 1 amide bonds. The summed E-state index contributed by atoms with van der Waals surface area (Å²) in [5.74, 6) is 1.51. The molecule has 4 rings (SSSR count). The predicted octanol–water partition coefficient (Wildman–Crippen LogP) is 4.14. The molecule has 2 heterocycles. The highest BCUT2D eigenvalue weighted by Crippen LogP contribution is 2.26. The molecule has 0 aliphatic carbocycles. The SMILES string of the molecule is COc1ccc(C(CNC(=O)c2cc3ccc(OC)cc3[nH]2)N2CCCCC2)cc1. The minimum Gasteiger partial charge on any atom is -0.497 e. The molecule has 0 bridgehead atoms. The quantitative estimate of drug-likeness (QED) is 0.618. The van der Waals surface area contributed by atoms with Crippen LogP contribution in [0.25, 0.3) is 10.9 Å². The Kier molecular flexibility index (Phi) is 6.23. The maximum atomic E-state index is 12.9. The molecule has 30 heavy (non-hydrogen) atoms. The normalized spacial score (nSPS) is 15.7. The summed E-state index contributed by atoms with van der Waals surface area (Å²) in [7, 11) is 3.31. The number of likely N-dealkylation sites (tertiary alicyclic amines) is 1. The molecule has 0 saturated carbocycles. The van der Waals surface area contributed by atoms with Gasteiger partial charge in [-0.25, -0.2) is 0 Å². The molecule has 1 atom stereocenters. The number of aromatic nitrogens is 1. The van der Waals surface area contributed by atoms with E-state index < -0.39 is 0 Å². The molecular weight excluding hydrogens is 378 g/mol. The molecule has 2 N–H and O–H groups in total. The zero-order valence-electron chi connectivity index (χ0n) is 17.6. The average molecular weight is 408 g/mol. The van der Waals surface area contributed by atoms with Gasteiger partial charge in [0, 0.05) is 23.5 Å². The van der Waals surface area contributed by atoms with Crippen molar-refractivity contribution in [3.8, 4) is 11.5 Å². The zero-order valence-corrected chi connectivity index (χ0v) is 17.6. The number of aromatic amines is 1. The summed E-state index contributed by atoms with van der Waals surface area (Å²) in [6.45, 7) is 2.67. The average Bonchev–Trinajstić information content (AvgIpc) is 3.23. The van der Waals surface area contributed by atoms with Gasteiger partial charge in [0.15, 0.2) is 0 Å². The number of hydrogen-bond donors (Lipinski definition) is 2. The predicted molar refractivity (Wildman–Crippen MR) is 118 cm³/mol. The number of methoxy groups -OCH3 is 2. The fraction of sp³-hybridized carbons (Fsp3) is 0.375. The van der Waals surface area contributed by atoms with Gasteiger partial charge in [0.05, 0.1) is 20.3 Å². The topological polar surface area (TPSA) is 66.6 Å². The van der Waals surface area contributed by atoms with E-state index in [1.807, 2.05) is 36.4 Å². The lowest BCUT2D eigenvalue weighted by atomic mass is 10.0. The van der Waals surface area contributed by atoms with E-state index in [9.17, 15) is 4.79 Å². The molecule has 1 fully saturated rings. The molecular formula is C24H29N3O3. The van der Waals surface area contributed by atoms with Gasteiger partial charge in [0.2, 0.25) is 0 Å². The highest BCUT2D eigenvalue weighted by Gasteiger charge is 2.23. The van der Waals surface area contributed by atoms with Crippen LogP contribution in [-0.4, -0.2) is 49.6 Å². The molecule has 1 aliphatic heterocycles. The maximum absolute atomic E-state index is 12.9. The second-order valence-corrected chi connectivity index (χ2v) is 7.73. The number of ether oxygens (including phenoxy) is 2. The van der Waals surface area contributed by atoms with Crippen LogP contribution in [0.2, 0.25) is 0 Å². The van der Waals surface area contributed by atoms with Crippen molar-refractivity contribution in [1.29, 1.82) is 0 Å². The van der Waals surface area contributed by atoms with E-state index in [-0.39, 0.29) is 11.9 Å². The molecule has 1 aliphatic rings. The summed E-state index contributed by atoms with van der Waals surface area (Å²) in [5, 5.41) is 4.13. The van der Waals surface area contributed by atoms with Crippen LogP contribution in [0, 0.1) is 0 Å². The molecule has 0 radical (unpaired) electrons. The van der Waals surface area contributed by atoms with Crippen molar-refractivity contribution >= 4 is 16.8 Å². The summed E-state index contributed by atoms with van der Waals surface area (Å²) in [6.07, 6.45) is 3.67. The number of amides is 1. The highest BCUT2D eigenvalue weighted by molar-refractivity contribution is 5.98. The van der Waals surface area contributed by atoms with Crippen molar-refractivity contribution in [2.75, 3.05) is 33.9 Å². The summed E-state index contributed by atoms with van der Waals surface area (Å²) < 4.78 is 10.6. The van der Waals surface area contributed by atoms with Crippen molar-refractivity contribution in [3.05, 3.63) is 59.8 Å². The third kappa shape index (κ3) is 4.44. The van der Waals surface area contributed by atoms with Crippen LogP contribution in [0.15, 0.2) is 48.5 Å². The standard InChI is InChI=1S/C24H29N3O3/c1-29-19-9-6-17(7-10-19)23(27-12-4-3-5-13-27)16-25-24(28)22-14-18-8-11-20(30-2)15-21(18)26-22/h6-11,14-15,23,26H,3-5,12-13,16H2,1-2H3,(H,25,28). The number of benzene rings is 2. The molecule has 3 aromatic rings. The van der Waals surface area contributed by atoms with E-state index in [4.69, 9.17) is 9.47 Å². The summed E-state index contributed by atoms with van der Waals surface area (Å²) in [6, 6.07) is 15.9. The Morgan fingerprint density at radius 3 is 2.40 bits per heavy atom. The first-order valence-electron chi connectivity index (χ1n) is 10.5. The Morgan fingerprint density at radius 2 is 1.70 bits per heavy atom. The van der Waals surface area contributed by atoms with Crippen LogP contribution in [0.1, 0.15) is 41.4 Å². The van der Waals surface area contributed by atoms with Crippen molar-refractivity contribution in [1.82, 2.24) is 15.2 Å². The maximum Gasteiger partial charge on any atom is 0.267 e. The van der Waals surface area contributed by atoms with Crippen LogP contribution in [0.4, 0.5) is 0 Å². The number of nitrogens with zero attached hydrogens (tertiary/aromatic N) is 1. The largest absolute Gasteiger partial charge is 0.497 e. The minimum absolute atomic E-state index is 0.0966. The van der Waals surface area contributed by atoms with Crippen LogP contribution in [0.3, 0.4) is 0 Å². The Hall–Kier alpha value is -2.99. The van der Waals surface area contributed by atoms with Crippen LogP contribution < -0.4 is 14.8 Å². The first-order valence-corrected chi connectivity index (χ1v) is 10.5. The molecule has 1 unspecified atom stereocenters. The lowest BCUT2D eigenvalue weighted by Crippen LogP contribution is -2.40. The van der Waals surface area contributed by atoms with E-state index in [0.717, 1.165) is 35.5 Å². The van der Waals surface area contributed by atoms with Crippen molar-refractivity contribution < 1.29 is 14.3 Å². The van der Waals surface area contributed by atoms with E-state index >= 15 is 0 Å². The Balaban J connectivity index is 1.50. The van der Waals surface area contributed by atoms with Crippen molar-refractivity contribution in [2.24, 2.45) is 0 Å². The Morgan fingerprint density at radius 1 is 1.00 bits per heavy atom. The van der Waals surface area contributed by atoms with Crippen LogP contribution in [0.5, 0.6) is 11.5 Å². The lowest BCUT2D eigenvalue weighted by molar-refractivity contribution is 0.0920. The van der Waals surface area contributed by atoms with Crippen molar-refractivity contribution in [2.45, 2.75) is 25.3 Å². The first-order chi connectivity index (χ1) is 14.7. The number of hydrogen-bond acceptors (Lipinski definition) is 4. The molecule has 0 spiro atoms. The van der Waals surface area contributed by atoms with Crippen LogP contribution in [-0.2, 0) is 0 Å². The number of H-pyrrole nitrogens is 1.